The molecule has 2 atom stereocenters. The number of alkyl halides is 1. The minimum absolute atomic E-state index is 0.600. The molecule has 1 aromatic heterocycles. The van der Waals surface area contributed by atoms with Crippen LogP contribution in [0.5, 0.6) is 0 Å². The quantitative estimate of drug-likeness (QED) is 0.710. The zero-order valence-corrected chi connectivity index (χ0v) is 7.97. The first-order valence-electron chi connectivity index (χ1n) is 3.82. The van der Waals surface area contributed by atoms with E-state index in [4.69, 9.17) is 4.42 Å². The van der Waals surface area contributed by atoms with Crippen molar-refractivity contribution in [3.63, 3.8) is 0 Å². The summed E-state index contributed by atoms with van der Waals surface area (Å²) in [7, 11) is 0. The lowest BCUT2D eigenvalue weighted by Crippen LogP contribution is -1.77. The summed E-state index contributed by atoms with van der Waals surface area (Å²) in [5, 5.41) is 0.765. The summed E-state index contributed by atoms with van der Waals surface area (Å²) in [6, 6.07) is 0. The van der Waals surface area contributed by atoms with Crippen LogP contribution in [-0.4, -0.2) is 4.98 Å². The van der Waals surface area contributed by atoms with E-state index < -0.39 is 0 Å². The van der Waals surface area contributed by atoms with Crippen LogP contribution < -0.4 is 0 Å². The molecule has 0 saturated heterocycles. The Bertz CT molecular complexity index is 258. The topological polar surface area (TPSA) is 26.0 Å². The van der Waals surface area contributed by atoms with Crippen molar-refractivity contribution in [2.24, 2.45) is 5.92 Å². The van der Waals surface area contributed by atoms with E-state index in [-0.39, 0.29) is 0 Å². The molecule has 11 heavy (non-hydrogen) atoms. The van der Waals surface area contributed by atoms with E-state index in [9.17, 15) is 0 Å². The van der Waals surface area contributed by atoms with Crippen LogP contribution in [0.3, 0.4) is 0 Å². The van der Waals surface area contributed by atoms with Crippen molar-refractivity contribution in [3.05, 3.63) is 17.8 Å². The second-order valence-electron chi connectivity index (χ2n) is 3.12. The van der Waals surface area contributed by atoms with Gasteiger partial charge in [-0.25, -0.2) is 4.98 Å². The molecule has 0 unspecified atom stereocenters. The van der Waals surface area contributed by atoms with E-state index in [0.717, 1.165) is 22.9 Å². The lowest BCUT2D eigenvalue weighted by molar-refractivity contribution is 0.466. The molecule has 0 amide bonds. The van der Waals surface area contributed by atoms with Gasteiger partial charge >= 0.3 is 0 Å². The van der Waals surface area contributed by atoms with Crippen LogP contribution in [0, 0.1) is 5.92 Å². The highest BCUT2D eigenvalue weighted by molar-refractivity contribution is 9.08. The Labute approximate surface area is 74.1 Å². The average molecular weight is 216 g/mol. The molecule has 1 aromatic rings. The number of hydrogen-bond acceptors (Lipinski definition) is 2. The molecule has 0 aromatic carbocycles. The number of hydrogen-bond donors (Lipinski definition) is 0. The zero-order chi connectivity index (χ0) is 7.84. The molecule has 1 fully saturated rings. The fraction of sp³-hybridized carbons (Fsp3) is 0.625. The summed E-state index contributed by atoms with van der Waals surface area (Å²) in [6.07, 6.45) is 3.04. The second kappa shape index (κ2) is 2.63. The van der Waals surface area contributed by atoms with E-state index in [0.29, 0.717) is 5.92 Å². The van der Waals surface area contributed by atoms with E-state index in [1.165, 1.54) is 6.42 Å². The fourth-order valence-corrected chi connectivity index (χ4v) is 1.48. The van der Waals surface area contributed by atoms with Gasteiger partial charge in [0.15, 0.2) is 5.89 Å². The van der Waals surface area contributed by atoms with Crippen molar-refractivity contribution >= 4 is 15.9 Å². The smallest absolute Gasteiger partial charge is 0.197 e. The molecule has 0 bridgehead atoms. The third kappa shape index (κ3) is 1.34. The van der Waals surface area contributed by atoms with Gasteiger partial charge in [0, 0.05) is 5.92 Å². The van der Waals surface area contributed by atoms with Gasteiger partial charge in [-0.15, -0.1) is 0 Å². The average Bonchev–Trinajstić information content (AvgIpc) is 2.59. The summed E-state index contributed by atoms with van der Waals surface area (Å²) < 4.78 is 5.47. The predicted molar refractivity (Wildman–Crippen MR) is 45.7 cm³/mol. The summed E-state index contributed by atoms with van der Waals surface area (Å²) >= 11 is 3.32. The van der Waals surface area contributed by atoms with Crippen molar-refractivity contribution in [3.8, 4) is 0 Å². The van der Waals surface area contributed by atoms with Gasteiger partial charge in [0.2, 0.25) is 0 Å². The van der Waals surface area contributed by atoms with Crippen molar-refractivity contribution in [2.45, 2.75) is 24.6 Å². The highest BCUT2D eigenvalue weighted by Crippen LogP contribution is 2.46. The molecular weight excluding hydrogens is 206 g/mol. The Morgan fingerprint density at radius 3 is 3.00 bits per heavy atom. The van der Waals surface area contributed by atoms with Crippen molar-refractivity contribution in [2.75, 3.05) is 0 Å². The number of nitrogens with zero attached hydrogens (tertiary/aromatic N) is 1. The Morgan fingerprint density at radius 2 is 2.55 bits per heavy atom. The van der Waals surface area contributed by atoms with Crippen LogP contribution in [0.1, 0.15) is 30.9 Å². The lowest BCUT2D eigenvalue weighted by Gasteiger charge is -1.87. The number of aromatic nitrogens is 1. The summed E-state index contributed by atoms with van der Waals surface area (Å²) in [5.74, 6) is 3.23. The predicted octanol–water partition coefficient (Wildman–Crippen LogP) is 2.69. The summed E-state index contributed by atoms with van der Waals surface area (Å²) in [6.45, 7) is 2.22. The Morgan fingerprint density at radius 1 is 1.82 bits per heavy atom. The van der Waals surface area contributed by atoms with Crippen molar-refractivity contribution in [1.29, 1.82) is 0 Å². The van der Waals surface area contributed by atoms with Gasteiger partial charge in [0.25, 0.3) is 0 Å². The van der Waals surface area contributed by atoms with E-state index >= 15 is 0 Å². The molecule has 0 spiro atoms. The van der Waals surface area contributed by atoms with Crippen molar-refractivity contribution in [1.82, 2.24) is 4.98 Å². The molecule has 2 nitrogen and oxygen atoms in total. The van der Waals surface area contributed by atoms with Crippen LogP contribution in [0.2, 0.25) is 0 Å². The minimum atomic E-state index is 0.600. The standard InChI is InChI=1S/C8H10BrNO/c1-5-2-7(5)8-10-4-6(3-9)11-8/h4-5,7H,2-3H2,1H3/t5-,7-/m0/s1. The molecule has 0 radical (unpaired) electrons. The zero-order valence-electron chi connectivity index (χ0n) is 6.38. The molecule has 1 aliphatic rings. The Kier molecular flexibility index (Phi) is 1.75. The first kappa shape index (κ1) is 7.35. The second-order valence-corrected chi connectivity index (χ2v) is 3.68. The summed E-state index contributed by atoms with van der Waals surface area (Å²) in [5.41, 5.74) is 0. The maximum atomic E-state index is 5.47. The third-order valence-corrected chi connectivity index (χ3v) is 2.68. The Balaban J connectivity index is 2.13. The van der Waals surface area contributed by atoms with Crippen LogP contribution >= 0.6 is 15.9 Å². The first-order valence-corrected chi connectivity index (χ1v) is 4.94. The largest absolute Gasteiger partial charge is 0.445 e. The molecule has 60 valence electrons. The molecule has 0 aliphatic heterocycles. The maximum Gasteiger partial charge on any atom is 0.197 e. The van der Waals surface area contributed by atoms with E-state index in [1.54, 1.807) is 6.20 Å². The van der Waals surface area contributed by atoms with Crippen LogP contribution in [0.4, 0.5) is 0 Å². The van der Waals surface area contributed by atoms with Gasteiger partial charge in [0.05, 0.1) is 11.5 Å². The van der Waals surface area contributed by atoms with Crippen LogP contribution in [0.15, 0.2) is 10.6 Å². The normalized spacial score (nSPS) is 28.9. The molecule has 2 rings (SSSR count). The Hall–Kier alpha value is -0.310. The van der Waals surface area contributed by atoms with Gasteiger partial charge in [-0.1, -0.05) is 22.9 Å². The van der Waals surface area contributed by atoms with Gasteiger partial charge in [-0.05, 0) is 12.3 Å². The molecule has 0 N–H and O–H groups in total. The van der Waals surface area contributed by atoms with Gasteiger partial charge in [0.1, 0.15) is 5.76 Å². The first-order chi connectivity index (χ1) is 5.31. The number of rotatable bonds is 2. The highest BCUT2D eigenvalue weighted by atomic mass is 79.9. The van der Waals surface area contributed by atoms with Crippen molar-refractivity contribution < 1.29 is 4.42 Å². The molecule has 1 aliphatic carbocycles. The third-order valence-electron chi connectivity index (χ3n) is 2.13. The lowest BCUT2D eigenvalue weighted by atomic mass is 10.3. The molecule has 1 heterocycles. The van der Waals surface area contributed by atoms with Gasteiger partial charge < -0.3 is 4.42 Å². The SMILES string of the molecule is C[C@H]1C[C@@H]1c1ncc(CBr)o1. The molecule has 3 heteroatoms. The number of halogens is 1. The van der Waals surface area contributed by atoms with Crippen LogP contribution in [-0.2, 0) is 5.33 Å². The van der Waals surface area contributed by atoms with E-state index in [1.807, 2.05) is 0 Å². The minimum Gasteiger partial charge on any atom is -0.445 e. The highest BCUT2D eigenvalue weighted by Gasteiger charge is 2.37. The van der Waals surface area contributed by atoms with Gasteiger partial charge in [-0.3, -0.25) is 0 Å². The molecular formula is C8H10BrNO. The van der Waals surface area contributed by atoms with Crippen LogP contribution in [0.25, 0.3) is 0 Å². The van der Waals surface area contributed by atoms with Gasteiger partial charge in [-0.2, -0.15) is 0 Å². The monoisotopic (exact) mass is 215 g/mol. The summed E-state index contributed by atoms with van der Waals surface area (Å²) in [4.78, 5) is 4.20. The fourth-order valence-electron chi connectivity index (χ4n) is 1.22. The molecule has 1 saturated carbocycles. The maximum absolute atomic E-state index is 5.47. The van der Waals surface area contributed by atoms with E-state index in [2.05, 4.69) is 27.8 Å². The number of oxazole rings is 1.